The topological polar surface area (TPSA) is 51.5 Å². The lowest BCUT2D eigenvalue weighted by Gasteiger charge is -2.12. The minimum Gasteiger partial charge on any atom is -0.493 e. The first-order valence-electron chi connectivity index (χ1n) is 11.8. The highest BCUT2D eigenvalue weighted by Gasteiger charge is 2.15. The third kappa shape index (κ3) is 4.82. The molecule has 0 aliphatic heterocycles. The molecule has 4 nitrogen and oxygen atoms in total. The number of amides is 1. The van der Waals surface area contributed by atoms with Gasteiger partial charge in [-0.15, -0.1) is 0 Å². The summed E-state index contributed by atoms with van der Waals surface area (Å²) < 4.78 is 11.8. The molecule has 5 aromatic rings. The monoisotopic (exact) mass is 461 g/mol. The number of fused-ring (bicyclic) bond motifs is 2. The number of carbonyl (C=O) groups is 1. The minimum absolute atomic E-state index is 0.143. The second kappa shape index (κ2) is 9.90. The number of hydrogen-bond donors (Lipinski definition) is 1. The van der Waals surface area contributed by atoms with Crippen LogP contribution in [-0.2, 0) is 11.3 Å². The van der Waals surface area contributed by atoms with Crippen LogP contribution in [0.1, 0.15) is 25.0 Å². The second-order valence-electron chi connectivity index (χ2n) is 8.52. The maximum atomic E-state index is 12.6. The molecule has 0 saturated heterocycles. The Hall–Kier alpha value is -4.31. The van der Waals surface area contributed by atoms with Crippen molar-refractivity contribution in [1.29, 1.82) is 0 Å². The van der Waals surface area contributed by atoms with E-state index in [0.29, 0.717) is 18.9 Å². The van der Waals surface area contributed by atoms with Crippen LogP contribution in [0, 0.1) is 0 Å². The van der Waals surface area contributed by atoms with Gasteiger partial charge in [0.15, 0.2) is 0 Å². The molecule has 0 radical (unpaired) electrons. The maximum Gasteiger partial charge on any atom is 0.244 e. The zero-order valence-electron chi connectivity index (χ0n) is 19.9. The Morgan fingerprint density at radius 3 is 2.51 bits per heavy atom. The summed E-state index contributed by atoms with van der Waals surface area (Å²) in [6.45, 7) is 4.88. The summed E-state index contributed by atoms with van der Waals surface area (Å²) in [5.74, 6) is 0.555. The third-order valence-corrected chi connectivity index (χ3v) is 6.12. The van der Waals surface area contributed by atoms with Crippen molar-refractivity contribution in [3.63, 3.8) is 0 Å². The summed E-state index contributed by atoms with van der Waals surface area (Å²) in [5.41, 5.74) is 5.60. The van der Waals surface area contributed by atoms with Gasteiger partial charge in [-0.2, -0.15) is 0 Å². The van der Waals surface area contributed by atoms with Crippen LogP contribution in [0.4, 0.5) is 0 Å². The first-order chi connectivity index (χ1) is 17.1. The van der Waals surface area contributed by atoms with Crippen molar-refractivity contribution in [2.75, 3.05) is 6.61 Å². The third-order valence-electron chi connectivity index (χ3n) is 6.12. The number of carbonyl (C=O) groups excluding carboxylic acids is 1. The van der Waals surface area contributed by atoms with Gasteiger partial charge in [0.2, 0.25) is 5.91 Å². The Morgan fingerprint density at radius 2 is 1.71 bits per heavy atom. The first kappa shape index (κ1) is 22.5. The van der Waals surface area contributed by atoms with E-state index in [9.17, 15) is 4.79 Å². The fourth-order valence-electron chi connectivity index (χ4n) is 4.33. The van der Waals surface area contributed by atoms with Crippen LogP contribution in [0.15, 0.2) is 102 Å². The highest BCUT2D eigenvalue weighted by atomic mass is 16.5. The quantitative estimate of drug-likeness (QED) is 0.257. The van der Waals surface area contributed by atoms with Gasteiger partial charge in [-0.1, -0.05) is 66.7 Å². The van der Waals surface area contributed by atoms with Gasteiger partial charge in [0, 0.05) is 35.2 Å². The molecule has 0 atom stereocenters. The Bertz CT molecular complexity index is 1530. The Balaban J connectivity index is 1.50. The largest absolute Gasteiger partial charge is 0.493 e. The highest BCUT2D eigenvalue weighted by molar-refractivity contribution is 6.01. The van der Waals surface area contributed by atoms with Crippen molar-refractivity contribution in [3.05, 3.63) is 108 Å². The van der Waals surface area contributed by atoms with Crippen molar-refractivity contribution in [2.45, 2.75) is 20.4 Å². The molecule has 0 saturated carbocycles. The van der Waals surface area contributed by atoms with Crippen LogP contribution in [0.2, 0.25) is 0 Å². The zero-order chi connectivity index (χ0) is 24.2. The molecule has 1 heterocycles. The lowest BCUT2D eigenvalue weighted by Crippen LogP contribution is -2.20. The van der Waals surface area contributed by atoms with Crippen LogP contribution in [0.5, 0.6) is 5.75 Å². The number of hydrogen-bond acceptors (Lipinski definition) is 3. The average molecular weight is 462 g/mol. The van der Waals surface area contributed by atoms with Gasteiger partial charge in [0.05, 0.1) is 12.9 Å². The number of allylic oxidation sites excluding steroid dienone is 1. The second-order valence-corrected chi connectivity index (χ2v) is 8.52. The SMILES string of the molecule is CCOc1cc2occ(-c3ccc4ccccc4c3)c2cc1/C(C)=C/C(=O)NCc1ccccc1. The van der Waals surface area contributed by atoms with Crippen LogP contribution in [0.25, 0.3) is 38.4 Å². The molecule has 0 spiro atoms. The highest BCUT2D eigenvalue weighted by Crippen LogP contribution is 2.38. The molecule has 174 valence electrons. The Kier molecular flexibility index (Phi) is 6.36. The van der Waals surface area contributed by atoms with E-state index in [1.807, 2.05) is 62.4 Å². The number of nitrogens with one attached hydrogen (secondary N) is 1. The van der Waals surface area contributed by atoms with Crippen LogP contribution < -0.4 is 10.1 Å². The van der Waals surface area contributed by atoms with E-state index in [1.54, 1.807) is 12.3 Å². The van der Waals surface area contributed by atoms with Crippen molar-refractivity contribution in [1.82, 2.24) is 5.32 Å². The summed E-state index contributed by atoms with van der Waals surface area (Å²) in [7, 11) is 0. The van der Waals surface area contributed by atoms with E-state index in [4.69, 9.17) is 9.15 Å². The lowest BCUT2D eigenvalue weighted by atomic mass is 9.97. The summed E-state index contributed by atoms with van der Waals surface area (Å²) in [4.78, 5) is 12.6. The number of rotatable bonds is 7. The van der Waals surface area contributed by atoms with E-state index in [1.165, 1.54) is 10.8 Å². The van der Waals surface area contributed by atoms with Crippen molar-refractivity contribution in [3.8, 4) is 16.9 Å². The lowest BCUT2D eigenvalue weighted by molar-refractivity contribution is -0.116. The van der Waals surface area contributed by atoms with Gasteiger partial charge in [-0.3, -0.25) is 4.79 Å². The predicted molar refractivity (Wildman–Crippen MR) is 142 cm³/mol. The molecule has 0 fully saturated rings. The van der Waals surface area contributed by atoms with Gasteiger partial charge in [-0.25, -0.2) is 0 Å². The maximum absolute atomic E-state index is 12.6. The van der Waals surface area contributed by atoms with Gasteiger partial charge in [0.1, 0.15) is 11.3 Å². The number of benzene rings is 4. The average Bonchev–Trinajstić information content (AvgIpc) is 3.30. The molecular formula is C31H27NO3. The molecule has 4 aromatic carbocycles. The van der Waals surface area contributed by atoms with E-state index in [-0.39, 0.29) is 5.91 Å². The number of furan rings is 1. The fourth-order valence-corrected chi connectivity index (χ4v) is 4.33. The number of ether oxygens (including phenoxy) is 1. The van der Waals surface area contributed by atoms with Crippen molar-refractivity contribution >= 4 is 33.2 Å². The summed E-state index contributed by atoms with van der Waals surface area (Å²) in [6, 6.07) is 28.6. The minimum atomic E-state index is -0.143. The molecule has 35 heavy (non-hydrogen) atoms. The molecule has 0 aliphatic rings. The van der Waals surface area contributed by atoms with E-state index >= 15 is 0 Å². The van der Waals surface area contributed by atoms with E-state index < -0.39 is 0 Å². The molecule has 1 amide bonds. The fraction of sp³-hybridized carbons (Fsp3) is 0.129. The summed E-state index contributed by atoms with van der Waals surface area (Å²) in [6.07, 6.45) is 3.42. The standard InChI is InChI=1S/C31H27NO3/c1-3-34-29-18-30-27(28(20-35-30)25-14-13-23-11-7-8-12-24(23)16-25)17-26(29)21(2)15-31(33)32-19-22-9-5-4-6-10-22/h4-18,20H,3,19H2,1-2H3,(H,32,33)/b21-15+. The van der Waals surface area contributed by atoms with Crippen LogP contribution in [-0.4, -0.2) is 12.5 Å². The molecule has 4 heteroatoms. The molecule has 5 rings (SSSR count). The Morgan fingerprint density at radius 1 is 0.943 bits per heavy atom. The molecule has 0 aliphatic carbocycles. The van der Waals surface area contributed by atoms with Crippen molar-refractivity contribution in [2.24, 2.45) is 0 Å². The predicted octanol–water partition coefficient (Wildman–Crippen LogP) is 7.37. The molecule has 1 aromatic heterocycles. The molecule has 1 N–H and O–H groups in total. The Labute approximate surface area is 204 Å². The first-order valence-corrected chi connectivity index (χ1v) is 11.8. The van der Waals surface area contributed by atoms with E-state index in [0.717, 1.165) is 38.8 Å². The van der Waals surface area contributed by atoms with Gasteiger partial charge < -0.3 is 14.5 Å². The smallest absolute Gasteiger partial charge is 0.244 e. The van der Waals surface area contributed by atoms with E-state index in [2.05, 4.69) is 41.7 Å². The molecule has 0 unspecified atom stereocenters. The summed E-state index contributed by atoms with van der Waals surface area (Å²) >= 11 is 0. The van der Waals surface area contributed by atoms with Gasteiger partial charge in [-0.05, 0) is 53.5 Å². The molecule has 0 bridgehead atoms. The normalized spacial score (nSPS) is 11.7. The van der Waals surface area contributed by atoms with Gasteiger partial charge in [0.25, 0.3) is 0 Å². The molecular weight excluding hydrogens is 434 g/mol. The van der Waals surface area contributed by atoms with Crippen LogP contribution in [0.3, 0.4) is 0 Å². The van der Waals surface area contributed by atoms with Crippen LogP contribution >= 0.6 is 0 Å². The summed E-state index contributed by atoms with van der Waals surface area (Å²) in [5, 5.41) is 6.32. The zero-order valence-corrected chi connectivity index (χ0v) is 19.9. The van der Waals surface area contributed by atoms with Gasteiger partial charge >= 0.3 is 0 Å². The van der Waals surface area contributed by atoms with Crippen molar-refractivity contribution < 1.29 is 13.9 Å².